The first-order valence-corrected chi connectivity index (χ1v) is 7.53. The number of alkyl halides is 3. The van der Waals surface area contributed by atoms with E-state index in [-0.39, 0.29) is 24.6 Å². The average molecular weight is 342 g/mol. The summed E-state index contributed by atoms with van der Waals surface area (Å²) in [6.45, 7) is 0.403. The molecule has 0 aliphatic rings. The lowest BCUT2D eigenvalue weighted by atomic mass is 10.1. The summed E-state index contributed by atoms with van der Waals surface area (Å²) in [5.74, 6) is -0.729. The van der Waals surface area contributed by atoms with Crippen molar-refractivity contribution in [1.29, 1.82) is 0 Å². The Bertz CT molecular complexity index is 667. The zero-order valence-corrected chi connectivity index (χ0v) is 12.6. The molecule has 0 atom stereocenters. The second kappa shape index (κ2) is 7.28. The minimum Gasteiger partial charge on any atom is -0.350 e. The van der Waals surface area contributed by atoms with Crippen molar-refractivity contribution in [3.05, 3.63) is 57.8 Å². The fourth-order valence-electron chi connectivity index (χ4n) is 1.76. The Labute approximate surface area is 134 Å². The summed E-state index contributed by atoms with van der Waals surface area (Å²) in [5.41, 5.74) is -0.681. The lowest BCUT2D eigenvalue weighted by Crippen LogP contribution is -2.34. The number of halogens is 3. The highest BCUT2D eigenvalue weighted by molar-refractivity contribution is 7.12. The molecule has 0 fully saturated rings. The van der Waals surface area contributed by atoms with Crippen LogP contribution in [0.25, 0.3) is 0 Å². The van der Waals surface area contributed by atoms with Gasteiger partial charge in [0.1, 0.15) is 0 Å². The summed E-state index contributed by atoms with van der Waals surface area (Å²) in [5, 5.41) is 6.93. The zero-order chi connectivity index (χ0) is 16.9. The fraction of sp³-hybridized carbons (Fsp3) is 0.200. The van der Waals surface area contributed by atoms with E-state index in [9.17, 15) is 22.8 Å². The van der Waals surface area contributed by atoms with Crippen LogP contribution in [0.3, 0.4) is 0 Å². The van der Waals surface area contributed by atoms with E-state index in [0.29, 0.717) is 4.88 Å². The van der Waals surface area contributed by atoms with Crippen LogP contribution in [0.2, 0.25) is 0 Å². The molecule has 0 aliphatic heterocycles. The van der Waals surface area contributed by atoms with Gasteiger partial charge in [-0.15, -0.1) is 11.3 Å². The van der Waals surface area contributed by atoms with Crippen molar-refractivity contribution in [2.75, 3.05) is 13.1 Å². The van der Waals surface area contributed by atoms with E-state index in [1.807, 2.05) is 0 Å². The minimum absolute atomic E-state index is 0.127. The van der Waals surface area contributed by atoms with Gasteiger partial charge in [-0.2, -0.15) is 13.2 Å². The summed E-state index contributed by atoms with van der Waals surface area (Å²) in [6.07, 6.45) is -4.43. The largest absolute Gasteiger partial charge is 0.416 e. The van der Waals surface area contributed by atoms with Gasteiger partial charge in [-0.3, -0.25) is 9.59 Å². The highest BCUT2D eigenvalue weighted by Gasteiger charge is 2.30. The number of hydrogen-bond acceptors (Lipinski definition) is 3. The van der Waals surface area contributed by atoms with Gasteiger partial charge in [-0.05, 0) is 35.7 Å². The number of amides is 2. The molecule has 2 N–H and O–H groups in total. The number of carbonyl (C=O) groups excluding carboxylic acids is 2. The Hall–Kier alpha value is -2.35. The molecule has 0 saturated carbocycles. The normalized spacial score (nSPS) is 11.1. The van der Waals surface area contributed by atoms with E-state index in [2.05, 4.69) is 10.6 Å². The standard InChI is InChI=1S/C15H13F3N2O2S/c16-15(17,18)11-5-3-10(4-6-11)13(21)19-7-8-20-14(22)12-2-1-9-23-12/h1-6,9H,7-8H2,(H,19,21)(H,20,22). The van der Waals surface area contributed by atoms with E-state index in [1.54, 1.807) is 17.5 Å². The van der Waals surface area contributed by atoms with Gasteiger partial charge in [-0.1, -0.05) is 6.07 Å². The van der Waals surface area contributed by atoms with Crippen LogP contribution in [0.15, 0.2) is 41.8 Å². The Morgan fingerprint density at radius 2 is 1.57 bits per heavy atom. The van der Waals surface area contributed by atoms with Crippen LogP contribution < -0.4 is 10.6 Å². The van der Waals surface area contributed by atoms with Gasteiger partial charge in [0.15, 0.2) is 0 Å². The second-order valence-electron chi connectivity index (χ2n) is 4.56. The maximum absolute atomic E-state index is 12.4. The molecule has 1 aromatic heterocycles. The van der Waals surface area contributed by atoms with Crippen LogP contribution >= 0.6 is 11.3 Å². The van der Waals surface area contributed by atoms with E-state index >= 15 is 0 Å². The lowest BCUT2D eigenvalue weighted by Gasteiger charge is -2.08. The number of rotatable bonds is 5. The topological polar surface area (TPSA) is 58.2 Å². The summed E-state index contributed by atoms with van der Waals surface area (Å²) in [6, 6.07) is 7.37. The molecule has 122 valence electrons. The van der Waals surface area contributed by atoms with Gasteiger partial charge >= 0.3 is 6.18 Å². The smallest absolute Gasteiger partial charge is 0.350 e. The minimum atomic E-state index is -4.43. The maximum atomic E-state index is 12.4. The Kier molecular flexibility index (Phi) is 5.38. The summed E-state index contributed by atoms with van der Waals surface area (Å²) in [7, 11) is 0. The van der Waals surface area contributed by atoms with Crippen molar-refractivity contribution < 1.29 is 22.8 Å². The SMILES string of the molecule is O=C(NCCNC(=O)c1cccs1)c1ccc(C(F)(F)F)cc1. The molecule has 2 amide bonds. The highest BCUT2D eigenvalue weighted by Crippen LogP contribution is 2.28. The molecule has 0 saturated heterocycles. The van der Waals surface area contributed by atoms with Crippen LogP contribution in [-0.4, -0.2) is 24.9 Å². The lowest BCUT2D eigenvalue weighted by molar-refractivity contribution is -0.137. The molecular weight excluding hydrogens is 329 g/mol. The van der Waals surface area contributed by atoms with Crippen molar-refractivity contribution in [2.45, 2.75) is 6.18 Å². The van der Waals surface area contributed by atoms with Gasteiger partial charge in [0.25, 0.3) is 11.8 Å². The summed E-state index contributed by atoms with van der Waals surface area (Å²) in [4.78, 5) is 24.0. The Balaban J connectivity index is 1.78. The van der Waals surface area contributed by atoms with E-state index in [1.165, 1.54) is 11.3 Å². The molecule has 0 radical (unpaired) electrons. The molecule has 0 bridgehead atoms. The number of thiophene rings is 1. The molecule has 2 aromatic rings. The third-order valence-corrected chi connectivity index (χ3v) is 3.78. The van der Waals surface area contributed by atoms with E-state index in [0.717, 1.165) is 24.3 Å². The third-order valence-electron chi connectivity index (χ3n) is 2.92. The van der Waals surface area contributed by atoms with Crippen molar-refractivity contribution in [3.63, 3.8) is 0 Å². The first kappa shape index (κ1) is 17.0. The molecular formula is C15H13F3N2O2S. The fourth-order valence-corrected chi connectivity index (χ4v) is 2.40. The van der Waals surface area contributed by atoms with Crippen molar-refractivity contribution >= 4 is 23.2 Å². The van der Waals surface area contributed by atoms with Crippen molar-refractivity contribution in [1.82, 2.24) is 10.6 Å². The van der Waals surface area contributed by atoms with Gasteiger partial charge in [0.2, 0.25) is 0 Å². The molecule has 23 heavy (non-hydrogen) atoms. The van der Waals surface area contributed by atoms with Crippen molar-refractivity contribution in [3.8, 4) is 0 Å². The van der Waals surface area contributed by atoms with Crippen LogP contribution in [0, 0.1) is 0 Å². The third kappa shape index (κ3) is 4.82. The van der Waals surface area contributed by atoms with Crippen molar-refractivity contribution in [2.24, 2.45) is 0 Å². The maximum Gasteiger partial charge on any atom is 0.416 e. The van der Waals surface area contributed by atoms with Gasteiger partial charge < -0.3 is 10.6 Å². The summed E-state index contributed by atoms with van der Waals surface area (Å²) >= 11 is 1.30. The number of hydrogen-bond donors (Lipinski definition) is 2. The van der Waals surface area contributed by atoms with Gasteiger partial charge in [0, 0.05) is 18.7 Å². The summed E-state index contributed by atoms with van der Waals surface area (Å²) < 4.78 is 37.3. The average Bonchev–Trinajstić information content (AvgIpc) is 3.05. The highest BCUT2D eigenvalue weighted by atomic mass is 32.1. The van der Waals surface area contributed by atoms with E-state index < -0.39 is 17.6 Å². The Morgan fingerprint density at radius 1 is 0.957 bits per heavy atom. The van der Waals surface area contributed by atoms with Crippen LogP contribution in [0.1, 0.15) is 25.6 Å². The van der Waals surface area contributed by atoms with Crippen LogP contribution in [0.4, 0.5) is 13.2 Å². The first-order chi connectivity index (χ1) is 10.9. The van der Waals surface area contributed by atoms with Crippen LogP contribution in [0.5, 0.6) is 0 Å². The predicted octanol–water partition coefficient (Wildman–Crippen LogP) is 2.93. The predicted molar refractivity (Wildman–Crippen MR) is 80.4 cm³/mol. The quantitative estimate of drug-likeness (QED) is 0.821. The van der Waals surface area contributed by atoms with Crippen LogP contribution in [-0.2, 0) is 6.18 Å². The molecule has 1 heterocycles. The second-order valence-corrected chi connectivity index (χ2v) is 5.51. The number of nitrogens with one attached hydrogen (secondary N) is 2. The molecule has 0 spiro atoms. The molecule has 8 heteroatoms. The molecule has 4 nitrogen and oxygen atoms in total. The van der Waals surface area contributed by atoms with Gasteiger partial charge in [0.05, 0.1) is 10.4 Å². The molecule has 2 rings (SSSR count). The first-order valence-electron chi connectivity index (χ1n) is 6.65. The molecule has 0 unspecified atom stereocenters. The van der Waals surface area contributed by atoms with Gasteiger partial charge in [-0.25, -0.2) is 0 Å². The molecule has 1 aromatic carbocycles. The Morgan fingerprint density at radius 3 is 2.09 bits per heavy atom. The zero-order valence-electron chi connectivity index (χ0n) is 11.8. The number of carbonyl (C=O) groups is 2. The monoisotopic (exact) mass is 342 g/mol. The number of benzene rings is 1. The molecule has 0 aliphatic carbocycles. The van der Waals surface area contributed by atoms with E-state index in [4.69, 9.17) is 0 Å².